The summed E-state index contributed by atoms with van der Waals surface area (Å²) in [6, 6.07) is 7.50. The number of carboxylic acid groups (broad SMARTS) is 1. The number of carboxylic acids is 1. The molecule has 0 saturated heterocycles. The zero-order chi connectivity index (χ0) is 26.3. The summed E-state index contributed by atoms with van der Waals surface area (Å²) in [4.78, 5) is 21.3. The summed E-state index contributed by atoms with van der Waals surface area (Å²) in [6.45, 7) is 0.610. The van der Waals surface area contributed by atoms with Crippen LogP contribution in [-0.2, 0) is 11.8 Å². The molecule has 0 radical (unpaired) electrons. The van der Waals surface area contributed by atoms with Crippen LogP contribution in [0.15, 0.2) is 42.6 Å². The molecule has 0 spiro atoms. The lowest BCUT2D eigenvalue weighted by Gasteiger charge is -2.14. The SMILES string of the molecule is Cn1ncc(Cl)c1-c1cc(NC(=O)c2cc(F)cc(F)c2)ccc1OCCN.O=C(O)C(F)(F)F. The summed E-state index contributed by atoms with van der Waals surface area (Å²) in [5.74, 6) is -4.58. The standard InChI is InChI=1S/C19H17ClF2N4O2.C2HF3O2/c1-26-18(16(20)10-24-26)15-9-14(2-3-17(15)28-5-4-23)25-19(27)11-6-12(21)8-13(22)7-11;3-2(4,5)1(6)7/h2-3,6-10H,4-5,23H2,1H3,(H,25,27);(H,6,7). The molecule has 2 aromatic carbocycles. The number of benzene rings is 2. The molecule has 0 saturated carbocycles. The summed E-state index contributed by atoms with van der Waals surface area (Å²) >= 11 is 6.24. The van der Waals surface area contributed by atoms with Crippen LogP contribution in [0.2, 0.25) is 5.02 Å². The van der Waals surface area contributed by atoms with Gasteiger partial charge in [0.1, 0.15) is 24.0 Å². The zero-order valence-electron chi connectivity index (χ0n) is 17.9. The molecule has 0 aliphatic rings. The lowest BCUT2D eigenvalue weighted by Crippen LogP contribution is -2.21. The average Bonchev–Trinajstić information content (AvgIpc) is 3.09. The highest BCUT2D eigenvalue weighted by Crippen LogP contribution is 2.36. The summed E-state index contributed by atoms with van der Waals surface area (Å²) in [6.07, 6.45) is -3.59. The van der Waals surface area contributed by atoms with Gasteiger partial charge in [0.2, 0.25) is 0 Å². The van der Waals surface area contributed by atoms with Gasteiger partial charge in [-0.2, -0.15) is 18.3 Å². The normalized spacial score (nSPS) is 10.9. The Bertz CT molecular complexity index is 1180. The van der Waals surface area contributed by atoms with E-state index in [0.29, 0.717) is 40.3 Å². The number of nitrogens with one attached hydrogen (secondary N) is 1. The molecule has 4 N–H and O–H groups in total. The monoisotopic (exact) mass is 520 g/mol. The summed E-state index contributed by atoms with van der Waals surface area (Å²) < 4.78 is 65.7. The molecule has 14 heteroatoms. The van der Waals surface area contributed by atoms with Crippen molar-refractivity contribution in [2.45, 2.75) is 6.18 Å². The van der Waals surface area contributed by atoms with E-state index >= 15 is 0 Å². The lowest BCUT2D eigenvalue weighted by molar-refractivity contribution is -0.192. The van der Waals surface area contributed by atoms with Crippen molar-refractivity contribution in [3.63, 3.8) is 0 Å². The van der Waals surface area contributed by atoms with E-state index in [1.807, 2.05) is 0 Å². The van der Waals surface area contributed by atoms with Gasteiger partial charge in [-0.3, -0.25) is 9.48 Å². The van der Waals surface area contributed by atoms with Gasteiger partial charge in [0.05, 0.1) is 16.9 Å². The first-order valence-corrected chi connectivity index (χ1v) is 9.93. The number of nitrogens with two attached hydrogens (primary N) is 1. The number of carbonyl (C=O) groups is 2. The maximum absolute atomic E-state index is 13.4. The maximum atomic E-state index is 13.4. The molecule has 1 heterocycles. The van der Waals surface area contributed by atoms with Crippen molar-refractivity contribution >= 4 is 29.2 Å². The smallest absolute Gasteiger partial charge is 0.490 e. The van der Waals surface area contributed by atoms with Gasteiger partial charge < -0.3 is 20.9 Å². The minimum absolute atomic E-state index is 0.138. The first-order chi connectivity index (χ1) is 16.3. The van der Waals surface area contributed by atoms with Crippen LogP contribution in [0.1, 0.15) is 10.4 Å². The van der Waals surface area contributed by atoms with Crippen LogP contribution in [0.5, 0.6) is 5.75 Å². The zero-order valence-corrected chi connectivity index (χ0v) is 18.6. The van der Waals surface area contributed by atoms with Crippen molar-refractivity contribution in [2.24, 2.45) is 12.8 Å². The Morgan fingerprint density at radius 2 is 1.77 bits per heavy atom. The average molecular weight is 521 g/mol. The van der Waals surface area contributed by atoms with Gasteiger partial charge >= 0.3 is 12.1 Å². The number of amides is 1. The van der Waals surface area contributed by atoms with E-state index in [1.54, 1.807) is 29.9 Å². The van der Waals surface area contributed by atoms with E-state index in [9.17, 15) is 26.7 Å². The van der Waals surface area contributed by atoms with Gasteiger partial charge in [0, 0.05) is 36.5 Å². The number of anilines is 1. The molecule has 0 aliphatic heterocycles. The minimum Gasteiger partial charge on any atom is -0.492 e. The number of aromatic nitrogens is 2. The molecule has 1 amide bonds. The summed E-state index contributed by atoms with van der Waals surface area (Å²) in [5, 5.41) is 14.2. The number of aryl methyl sites for hydroxylation is 1. The molecule has 35 heavy (non-hydrogen) atoms. The molecule has 0 fully saturated rings. The lowest BCUT2D eigenvalue weighted by atomic mass is 10.1. The Morgan fingerprint density at radius 3 is 2.26 bits per heavy atom. The fourth-order valence-corrected chi connectivity index (χ4v) is 2.96. The van der Waals surface area contributed by atoms with Crippen molar-refractivity contribution in [3.8, 4) is 17.0 Å². The van der Waals surface area contributed by atoms with E-state index in [4.69, 9.17) is 32.0 Å². The third-order valence-corrected chi connectivity index (χ3v) is 4.41. The van der Waals surface area contributed by atoms with Crippen LogP contribution < -0.4 is 15.8 Å². The van der Waals surface area contributed by atoms with Gasteiger partial charge in [0.25, 0.3) is 5.91 Å². The maximum Gasteiger partial charge on any atom is 0.490 e. The Hall–Kier alpha value is -3.71. The Labute approximate surface area is 200 Å². The molecule has 0 atom stereocenters. The third kappa shape index (κ3) is 7.65. The highest BCUT2D eigenvalue weighted by Gasteiger charge is 2.38. The first-order valence-electron chi connectivity index (χ1n) is 9.55. The summed E-state index contributed by atoms with van der Waals surface area (Å²) in [7, 11) is 1.72. The fraction of sp³-hybridized carbons (Fsp3) is 0.190. The second-order valence-electron chi connectivity index (χ2n) is 6.73. The summed E-state index contributed by atoms with van der Waals surface area (Å²) in [5.41, 5.74) is 6.93. The van der Waals surface area contributed by atoms with Gasteiger partial charge in [-0.15, -0.1) is 0 Å². The Balaban J connectivity index is 0.000000540. The molecule has 0 aliphatic carbocycles. The fourth-order valence-electron chi connectivity index (χ4n) is 2.69. The number of aliphatic carboxylic acids is 1. The van der Waals surface area contributed by atoms with Crippen LogP contribution in [0.3, 0.4) is 0 Å². The van der Waals surface area contributed by atoms with Crippen LogP contribution in [-0.4, -0.2) is 46.1 Å². The van der Waals surface area contributed by atoms with Crippen LogP contribution in [0, 0.1) is 11.6 Å². The second kappa shape index (κ2) is 11.6. The largest absolute Gasteiger partial charge is 0.492 e. The number of hydrogen-bond acceptors (Lipinski definition) is 5. The number of alkyl halides is 3. The molecular formula is C21H18ClF5N4O4. The topological polar surface area (TPSA) is 119 Å². The van der Waals surface area contributed by atoms with Crippen molar-refractivity contribution in [1.82, 2.24) is 9.78 Å². The van der Waals surface area contributed by atoms with Gasteiger partial charge in [0.15, 0.2) is 0 Å². The second-order valence-corrected chi connectivity index (χ2v) is 7.14. The van der Waals surface area contributed by atoms with Crippen molar-refractivity contribution in [3.05, 3.63) is 64.8 Å². The number of nitrogens with zero attached hydrogens (tertiary/aromatic N) is 2. The predicted octanol–water partition coefficient (Wildman–Crippen LogP) is 4.24. The van der Waals surface area contributed by atoms with Crippen LogP contribution in [0.25, 0.3) is 11.3 Å². The quantitative estimate of drug-likeness (QED) is 0.418. The van der Waals surface area contributed by atoms with Crippen LogP contribution >= 0.6 is 11.6 Å². The van der Waals surface area contributed by atoms with E-state index in [0.717, 1.165) is 12.1 Å². The number of rotatable bonds is 6. The highest BCUT2D eigenvalue weighted by molar-refractivity contribution is 6.33. The van der Waals surface area contributed by atoms with Crippen molar-refractivity contribution < 1.29 is 41.4 Å². The molecule has 1 aromatic heterocycles. The molecule has 188 valence electrons. The molecule has 0 bridgehead atoms. The van der Waals surface area contributed by atoms with E-state index in [1.165, 1.54) is 6.20 Å². The van der Waals surface area contributed by atoms with E-state index < -0.39 is 29.7 Å². The molecule has 3 rings (SSSR count). The molecule has 0 unspecified atom stereocenters. The van der Waals surface area contributed by atoms with E-state index in [2.05, 4.69) is 10.4 Å². The molecule has 3 aromatic rings. The molecule has 8 nitrogen and oxygen atoms in total. The van der Waals surface area contributed by atoms with Crippen molar-refractivity contribution in [1.29, 1.82) is 0 Å². The third-order valence-electron chi connectivity index (χ3n) is 4.13. The first kappa shape index (κ1) is 27.5. The van der Waals surface area contributed by atoms with Gasteiger partial charge in [-0.25, -0.2) is 13.6 Å². The van der Waals surface area contributed by atoms with Crippen molar-refractivity contribution in [2.75, 3.05) is 18.5 Å². The van der Waals surface area contributed by atoms with Crippen LogP contribution in [0.4, 0.5) is 27.6 Å². The van der Waals surface area contributed by atoms with Gasteiger partial charge in [-0.05, 0) is 30.3 Å². The predicted molar refractivity (Wildman–Crippen MR) is 116 cm³/mol. The number of ether oxygens (including phenoxy) is 1. The number of carbonyl (C=O) groups excluding carboxylic acids is 1. The van der Waals surface area contributed by atoms with E-state index in [-0.39, 0.29) is 12.2 Å². The Morgan fingerprint density at radius 1 is 1.17 bits per heavy atom. The number of halogens is 6. The molecular weight excluding hydrogens is 503 g/mol. The Kier molecular flexibility index (Phi) is 9.14. The van der Waals surface area contributed by atoms with Gasteiger partial charge in [-0.1, -0.05) is 11.6 Å². The minimum atomic E-state index is -5.08. The highest BCUT2D eigenvalue weighted by atomic mass is 35.5. The number of hydrogen-bond donors (Lipinski definition) is 3.